The van der Waals surface area contributed by atoms with Crippen molar-refractivity contribution in [1.29, 1.82) is 0 Å². The highest BCUT2D eigenvalue weighted by Gasteiger charge is 2.19. The van der Waals surface area contributed by atoms with Crippen LogP contribution in [-0.4, -0.2) is 44.2 Å². The summed E-state index contributed by atoms with van der Waals surface area (Å²) in [6.45, 7) is 4.06. The third kappa shape index (κ3) is 2.77. The number of rotatable bonds is 4. The Balaban J connectivity index is 2.05. The molecule has 11 heavy (non-hydrogen) atoms. The largest absolute Gasteiger partial charge is 0.329 e. The van der Waals surface area contributed by atoms with Crippen molar-refractivity contribution in [2.24, 2.45) is 5.73 Å². The van der Waals surface area contributed by atoms with Crippen LogP contribution < -0.4 is 11.1 Å². The fourth-order valence-electron chi connectivity index (χ4n) is 1.61. The third-order valence-corrected chi connectivity index (χ3v) is 2.37. The molecule has 0 amide bonds. The van der Waals surface area contributed by atoms with E-state index in [1.807, 2.05) is 0 Å². The quantitative estimate of drug-likeness (QED) is 0.547. The van der Waals surface area contributed by atoms with Gasteiger partial charge in [-0.25, -0.2) is 0 Å². The minimum atomic E-state index is 0.746. The third-order valence-electron chi connectivity index (χ3n) is 2.37. The molecule has 1 fully saturated rings. The first-order valence-electron chi connectivity index (χ1n) is 4.45. The second-order valence-corrected chi connectivity index (χ2v) is 3.27. The van der Waals surface area contributed by atoms with Gasteiger partial charge in [0.1, 0.15) is 0 Å². The molecule has 3 heteroatoms. The van der Waals surface area contributed by atoms with E-state index in [0.29, 0.717) is 0 Å². The zero-order valence-electron chi connectivity index (χ0n) is 7.34. The van der Waals surface area contributed by atoms with Crippen LogP contribution in [-0.2, 0) is 0 Å². The zero-order valence-corrected chi connectivity index (χ0v) is 7.34. The van der Waals surface area contributed by atoms with Crippen molar-refractivity contribution >= 4 is 0 Å². The van der Waals surface area contributed by atoms with Gasteiger partial charge in [0.15, 0.2) is 0 Å². The first-order valence-corrected chi connectivity index (χ1v) is 4.45. The molecule has 0 saturated carbocycles. The van der Waals surface area contributed by atoms with Gasteiger partial charge in [-0.2, -0.15) is 0 Å². The Morgan fingerprint density at radius 1 is 1.64 bits per heavy atom. The van der Waals surface area contributed by atoms with Gasteiger partial charge in [0, 0.05) is 25.7 Å². The van der Waals surface area contributed by atoms with Crippen molar-refractivity contribution in [3.8, 4) is 0 Å². The molecule has 0 aliphatic carbocycles. The lowest BCUT2D eigenvalue weighted by molar-refractivity contribution is 0.301. The Bertz CT molecular complexity index is 106. The Morgan fingerprint density at radius 2 is 2.45 bits per heavy atom. The van der Waals surface area contributed by atoms with Crippen molar-refractivity contribution in [2.75, 3.05) is 33.2 Å². The summed E-state index contributed by atoms with van der Waals surface area (Å²) in [5, 5.41) is 3.34. The maximum Gasteiger partial charge on any atom is 0.0218 e. The van der Waals surface area contributed by atoms with Crippen molar-refractivity contribution in [2.45, 2.75) is 18.9 Å². The van der Waals surface area contributed by atoms with E-state index in [4.69, 9.17) is 5.73 Å². The Morgan fingerprint density at radius 3 is 3.00 bits per heavy atom. The van der Waals surface area contributed by atoms with Crippen molar-refractivity contribution in [3.63, 3.8) is 0 Å². The van der Waals surface area contributed by atoms with Gasteiger partial charge in [0.25, 0.3) is 0 Å². The zero-order chi connectivity index (χ0) is 8.10. The summed E-state index contributed by atoms with van der Waals surface area (Å²) in [5.74, 6) is 0. The Hall–Kier alpha value is -0.120. The van der Waals surface area contributed by atoms with Gasteiger partial charge < -0.3 is 16.0 Å². The van der Waals surface area contributed by atoms with Gasteiger partial charge >= 0.3 is 0 Å². The van der Waals surface area contributed by atoms with Crippen LogP contribution in [0.2, 0.25) is 0 Å². The normalized spacial score (nSPS) is 26.2. The van der Waals surface area contributed by atoms with Gasteiger partial charge in [-0.15, -0.1) is 0 Å². The van der Waals surface area contributed by atoms with Gasteiger partial charge in [-0.1, -0.05) is 0 Å². The summed E-state index contributed by atoms with van der Waals surface area (Å²) >= 11 is 0. The summed E-state index contributed by atoms with van der Waals surface area (Å²) < 4.78 is 0. The second-order valence-electron chi connectivity index (χ2n) is 3.27. The maximum absolute atomic E-state index is 5.37. The first kappa shape index (κ1) is 8.97. The molecule has 1 rings (SSSR count). The van der Waals surface area contributed by atoms with Crippen LogP contribution in [0.4, 0.5) is 0 Å². The van der Waals surface area contributed by atoms with Crippen LogP contribution in [0.25, 0.3) is 0 Å². The molecule has 1 heterocycles. The predicted molar refractivity (Wildman–Crippen MR) is 47.6 cm³/mol. The fourth-order valence-corrected chi connectivity index (χ4v) is 1.61. The number of likely N-dealkylation sites (N-methyl/N-ethyl adjacent to an activating group) is 1. The van der Waals surface area contributed by atoms with Crippen LogP contribution in [0.1, 0.15) is 12.8 Å². The highest BCUT2D eigenvalue weighted by Crippen LogP contribution is 2.13. The Labute approximate surface area is 68.9 Å². The molecule has 1 unspecified atom stereocenters. The molecule has 0 radical (unpaired) electrons. The topological polar surface area (TPSA) is 41.3 Å². The van der Waals surface area contributed by atoms with Gasteiger partial charge in [0.05, 0.1) is 0 Å². The van der Waals surface area contributed by atoms with Crippen molar-refractivity contribution in [3.05, 3.63) is 0 Å². The summed E-state index contributed by atoms with van der Waals surface area (Å²) in [6.07, 6.45) is 2.69. The number of nitrogens with two attached hydrogens (primary N) is 1. The minimum absolute atomic E-state index is 0.746. The highest BCUT2D eigenvalue weighted by atomic mass is 15.2. The molecule has 1 saturated heterocycles. The molecule has 0 aromatic heterocycles. The predicted octanol–water partition coefficient (Wildman–Crippen LogP) is -0.371. The highest BCUT2D eigenvalue weighted by molar-refractivity contribution is 4.77. The van der Waals surface area contributed by atoms with Crippen LogP contribution in [0, 0.1) is 0 Å². The molecule has 0 aromatic carbocycles. The molecule has 3 nitrogen and oxygen atoms in total. The van der Waals surface area contributed by atoms with E-state index in [-0.39, 0.29) is 0 Å². The van der Waals surface area contributed by atoms with Crippen LogP contribution >= 0.6 is 0 Å². The van der Waals surface area contributed by atoms with E-state index in [0.717, 1.165) is 25.7 Å². The molecule has 0 aromatic rings. The summed E-state index contributed by atoms with van der Waals surface area (Å²) in [4.78, 5) is 2.42. The molecule has 1 aliphatic heterocycles. The lowest BCUT2D eigenvalue weighted by atomic mass is 10.2. The number of likely N-dealkylation sites (tertiary alicyclic amines) is 1. The molecule has 1 atom stereocenters. The van der Waals surface area contributed by atoms with Crippen LogP contribution in [0.15, 0.2) is 0 Å². The van der Waals surface area contributed by atoms with Gasteiger partial charge in [-0.3, -0.25) is 0 Å². The van der Waals surface area contributed by atoms with Gasteiger partial charge in [-0.05, 0) is 26.4 Å². The van der Waals surface area contributed by atoms with E-state index in [1.165, 1.54) is 19.4 Å². The lowest BCUT2D eigenvalue weighted by Crippen LogP contribution is -2.37. The standard InChI is InChI=1S/C8H19N3/c1-11-6-2-3-8(11)7-10-5-4-9/h8,10H,2-7,9H2,1H3. The average Bonchev–Trinajstić information content (AvgIpc) is 2.37. The summed E-state index contributed by atoms with van der Waals surface area (Å²) in [5.41, 5.74) is 5.37. The number of nitrogens with zero attached hydrogens (tertiary/aromatic N) is 1. The average molecular weight is 157 g/mol. The summed E-state index contributed by atoms with van der Waals surface area (Å²) in [6, 6.07) is 0.751. The lowest BCUT2D eigenvalue weighted by Gasteiger charge is -2.19. The van der Waals surface area contributed by atoms with Crippen LogP contribution in [0.3, 0.4) is 0 Å². The molecule has 0 spiro atoms. The fraction of sp³-hybridized carbons (Fsp3) is 1.00. The van der Waals surface area contributed by atoms with E-state index in [9.17, 15) is 0 Å². The number of hydrogen-bond acceptors (Lipinski definition) is 3. The van der Waals surface area contributed by atoms with E-state index < -0.39 is 0 Å². The molecule has 1 aliphatic rings. The van der Waals surface area contributed by atoms with Gasteiger partial charge in [0.2, 0.25) is 0 Å². The molecule has 66 valence electrons. The molecule has 0 bridgehead atoms. The van der Waals surface area contributed by atoms with E-state index >= 15 is 0 Å². The van der Waals surface area contributed by atoms with Crippen molar-refractivity contribution in [1.82, 2.24) is 10.2 Å². The first-order chi connectivity index (χ1) is 5.34. The number of nitrogens with one attached hydrogen (secondary N) is 1. The monoisotopic (exact) mass is 157 g/mol. The minimum Gasteiger partial charge on any atom is -0.329 e. The smallest absolute Gasteiger partial charge is 0.0218 e. The second kappa shape index (κ2) is 4.70. The van der Waals surface area contributed by atoms with Crippen LogP contribution in [0.5, 0.6) is 0 Å². The SMILES string of the molecule is CN1CCCC1CNCCN. The molecular weight excluding hydrogens is 138 g/mol. The molecule has 3 N–H and O–H groups in total. The Kier molecular flexibility index (Phi) is 3.83. The maximum atomic E-state index is 5.37. The van der Waals surface area contributed by atoms with E-state index in [2.05, 4.69) is 17.3 Å². The van der Waals surface area contributed by atoms with E-state index in [1.54, 1.807) is 0 Å². The molecular formula is C8H19N3. The number of hydrogen-bond donors (Lipinski definition) is 2. The summed E-state index contributed by atoms with van der Waals surface area (Å²) in [7, 11) is 2.20. The van der Waals surface area contributed by atoms with Crippen molar-refractivity contribution < 1.29 is 0 Å².